The summed E-state index contributed by atoms with van der Waals surface area (Å²) in [7, 11) is 0. The van der Waals surface area contributed by atoms with Crippen LogP contribution >= 0.6 is 0 Å². The lowest BCUT2D eigenvalue weighted by Crippen LogP contribution is -1.71. The first-order chi connectivity index (χ1) is 6.45. The van der Waals surface area contributed by atoms with Crippen LogP contribution in [0.15, 0.2) is 36.8 Å². The predicted molar refractivity (Wildman–Crippen MR) is 51.4 cm³/mol. The van der Waals surface area contributed by atoms with Crippen LogP contribution in [0.1, 0.15) is 0 Å². The third-order valence-corrected chi connectivity index (χ3v) is 2.17. The lowest BCUT2D eigenvalue weighted by molar-refractivity contribution is 1.32. The summed E-state index contributed by atoms with van der Waals surface area (Å²) >= 11 is 0. The molecular formula is C10H7N3. The van der Waals surface area contributed by atoms with Gasteiger partial charge in [0.15, 0.2) is 0 Å². The number of aromatic amines is 1. The molecule has 0 radical (unpaired) electrons. The molecule has 3 heteroatoms. The highest BCUT2D eigenvalue weighted by molar-refractivity contribution is 6.05. The van der Waals surface area contributed by atoms with Crippen molar-refractivity contribution in [1.29, 1.82) is 0 Å². The second kappa shape index (κ2) is 2.29. The van der Waals surface area contributed by atoms with Crippen LogP contribution in [-0.4, -0.2) is 15.0 Å². The van der Waals surface area contributed by atoms with Gasteiger partial charge in [0.05, 0.1) is 11.7 Å². The van der Waals surface area contributed by atoms with Crippen LogP contribution in [0.25, 0.3) is 21.9 Å². The van der Waals surface area contributed by atoms with E-state index in [2.05, 4.69) is 21.0 Å². The van der Waals surface area contributed by atoms with Gasteiger partial charge in [-0.05, 0) is 18.2 Å². The maximum absolute atomic E-state index is 4.24. The predicted octanol–water partition coefficient (Wildman–Crippen LogP) is 2.11. The highest BCUT2D eigenvalue weighted by atomic mass is 14.9. The molecule has 3 heterocycles. The Morgan fingerprint density at radius 2 is 2.08 bits per heavy atom. The average molecular weight is 169 g/mol. The molecule has 1 N–H and O–H groups in total. The molecule has 0 unspecified atom stereocenters. The Bertz CT molecular complexity index is 518. The van der Waals surface area contributed by atoms with Crippen molar-refractivity contribution in [1.82, 2.24) is 15.0 Å². The Balaban J connectivity index is 2.64. The Morgan fingerprint density at radius 3 is 3.08 bits per heavy atom. The zero-order chi connectivity index (χ0) is 8.67. The first-order valence-corrected chi connectivity index (χ1v) is 4.11. The molecule has 0 aliphatic rings. The summed E-state index contributed by atoms with van der Waals surface area (Å²) in [6.45, 7) is 0. The van der Waals surface area contributed by atoms with Crippen molar-refractivity contribution >= 4 is 21.9 Å². The molecule has 3 nitrogen and oxygen atoms in total. The van der Waals surface area contributed by atoms with Gasteiger partial charge >= 0.3 is 0 Å². The smallest absolute Gasteiger partial charge is 0.138 e. The second-order valence-electron chi connectivity index (χ2n) is 2.95. The standard InChI is InChI=1S/C10H7N3/c1-2-8-7-3-5-11-6-9(7)13-10(8)12-4-1/h1-6H,(H,12,13). The van der Waals surface area contributed by atoms with Crippen LogP contribution in [0, 0.1) is 0 Å². The molecule has 0 amide bonds. The van der Waals surface area contributed by atoms with Crippen molar-refractivity contribution < 1.29 is 0 Å². The first-order valence-electron chi connectivity index (χ1n) is 4.11. The fourth-order valence-electron chi connectivity index (χ4n) is 1.58. The molecule has 0 spiro atoms. The Labute approximate surface area is 74.4 Å². The largest absolute Gasteiger partial charge is 0.338 e. The van der Waals surface area contributed by atoms with E-state index in [4.69, 9.17) is 0 Å². The molecular weight excluding hydrogens is 162 g/mol. The minimum Gasteiger partial charge on any atom is -0.338 e. The normalized spacial score (nSPS) is 11.1. The number of fused-ring (bicyclic) bond motifs is 3. The van der Waals surface area contributed by atoms with Crippen LogP contribution in [0.4, 0.5) is 0 Å². The van der Waals surface area contributed by atoms with Crippen molar-refractivity contribution in [2.24, 2.45) is 0 Å². The number of nitrogens with one attached hydrogen (secondary N) is 1. The SMILES string of the molecule is c1cnc2[nH]c3cnccc3c2c1. The zero-order valence-corrected chi connectivity index (χ0v) is 6.86. The van der Waals surface area contributed by atoms with Gasteiger partial charge in [0.1, 0.15) is 5.65 Å². The van der Waals surface area contributed by atoms with Crippen LogP contribution in [0.5, 0.6) is 0 Å². The van der Waals surface area contributed by atoms with E-state index in [1.807, 2.05) is 18.3 Å². The summed E-state index contributed by atoms with van der Waals surface area (Å²) in [6, 6.07) is 5.99. The Morgan fingerprint density at radius 1 is 1.08 bits per heavy atom. The minimum absolute atomic E-state index is 0.922. The maximum atomic E-state index is 4.24. The third kappa shape index (κ3) is 0.839. The van der Waals surface area contributed by atoms with E-state index in [1.165, 1.54) is 5.39 Å². The van der Waals surface area contributed by atoms with Crippen LogP contribution in [0.2, 0.25) is 0 Å². The molecule has 0 aromatic carbocycles. The fraction of sp³-hybridized carbons (Fsp3) is 0. The molecule has 3 aromatic rings. The zero-order valence-electron chi connectivity index (χ0n) is 6.86. The summed E-state index contributed by atoms with van der Waals surface area (Å²) in [6.07, 6.45) is 5.39. The van der Waals surface area contributed by atoms with E-state index in [9.17, 15) is 0 Å². The lowest BCUT2D eigenvalue weighted by atomic mass is 10.2. The maximum Gasteiger partial charge on any atom is 0.138 e. The van der Waals surface area contributed by atoms with Crippen molar-refractivity contribution in [2.45, 2.75) is 0 Å². The number of nitrogens with zero attached hydrogens (tertiary/aromatic N) is 2. The van der Waals surface area contributed by atoms with Crippen molar-refractivity contribution in [3.63, 3.8) is 0 Å². The van der Waals surface area contributed by atoms with Gasteiger partial charge in [0.2, 0.25) is 0 Å². The topological polar surface area (TPSA) is 41.6 Å². The molecule has 13 heavy (non-hydrogen) atoms. The monoisotopic (exact) mass is 169 g/mol. The van der Waals surface area contributed by atoms with E-state index >= 15 is 0 Å². The fourth-order valence-corrected chi connectivity index (χ4v) is 1.58. The van der Waals surface area contributed by atoms with Gasteiger partial charge in [-0.15, -0.1) is 0 Å². The van der Waals surface area contributed by atoms with Crippen LogP contribution < -0.4 is 0 Å². The lowest BCUT2D eigenvalue weighted by Gasteiger charge is -1.86. The molecule has 0 atom stereocenters. The number of pyridine rings is 2. The van der Waals surface area contributed by atoms with Gasteiger partial charge in [0.25, 0.3) is 0 Å². The number of H-pyrrole nitrogens is 1. The van der Waals surface area contributed by atoms with Crippen molar-refractivity contribution in [2.75, 3.05) is 0 Å². The Hall–Kier alpha value is -1.90. The summed E-state index contributed by atoms with van der Waals surface area (Å²) in [4.78, 5) is 11.5. The number of rotatable bonds is 0. The van der Waals surface area contributed by atoms with E-state index in [0.29, 0.717) is 0 Å². The van der Waals surface area contributed by atoms with E-state index in [-0.39, 0.29) is 0 Å². The summed E-state index contributed by atoms with van der Waals surface area (Å²) in [5.74, 6) is 0. The molecule has 0 fully saturated rings. The molecule has 3 aromatic heterocycles. The summed E-state index contributed by atoms with van der Waals surface area (Å²) < 4.78 is 0. The minimum atomic E-state index is 0.922. The van der Waals surface area contributed by atoms with Crippen molar-refractivity contribution in [3.8, 4) is 0 Å². The van der Waals surface area contributed by atoms with Gasteiger partial charge in [-0.2, -0.15) is 0 Å². The molecule has 3 rings (SSSR count). The molecule has 0 bridgehead atoms. The van der Waals surface area contributed by atoms with E-state index in [1.54, 1.807) is 12.4 Å². The molecule has 62 valence electrons. The molecule has 0 aliphatic heterocycles. The van der Waals surface area contributed by atoms with Crippen LogP contribution in [0.3, 0.4) is 0 Å². The molecule has 0 aliphatic carbocycles. The van der Waals surface area contributed by atoms with Gasteiger partial charge in [-0.3, -0.25) is 4.98 Å². The third-order valence-electron chi connectivity index (χ3n) is 2.17. The van der Waals surface area contributed by atoms with E-state index in [0.717, 1.165) is 16.6 Å². The van der Waals surface area contributed by atoms with Gasteiger partial charge < -0.3 is 4.98 Å². The number of aromatic nitrogens is 3. The quantitative estimate of drug-likeness (QED) is 0.560. The second-order valence-corrected chi connectivity index (χ2v) is 2.95. The van der Waals surface area contributed by atoms with E-state index < -0.39 is 0 Å². The van der Waals surface area contributed by atoms with Gasteiger partial charge in [-0.1, -0.05) is 0 Å². The average Bonchev–Trinajstić information content (AvgIpc) is 2.56. The van der Waals surface area contributed by atoms with Crippen LogP contribution in [-0.2, 0) is 0 Å². The molecule has 0 saturated carbocycles. The highest BCUT2D eigenvalue weighted by Gasteiger charge is 2.02. The number of hydrogen-bond acceptors (Lipinski definition) is 2. The van der Waals surface area contributed by atoms with Crippen molar-refractivity contribution in [3.05, 3.63) is 36.8 Å². The van der Waals surface area contributed by atoms with Gasteiger partial charge in [-0.25, -0.2) is 4.98 Å². The summed E-state index contributed by atoms with van der Waals surface area (Å²) in [5, 5.41) is 2.33. The first kappa shape index (κ1) is 6.60. The summed E-state index contributed by atoms with van der Waals surface area (Å²) in [5.41, 5.74) is 1.96. The Kier molecular flexibility index (Phi) is 1.16. The highest BCUT2D eigenvalue weighted by Crippen LogP contribution is 2.21. The molecule has 0 saturated heterocycles. The number of hydrogen-bond donors (Lipinski definition) is 1. The van der Waals surface area contributed by atoms with Gasteiger partial charge in [0, 0.05) is 23.2 Å².